The number of benzene rings is 2. The second-order valence-corrected chi connectivity index (χ2v) is 4.98. The molecular formula is C17H14F3NO3. The molecule has 2 rings (SSSR count). The fourth-order valence-corrected chi connectivity index (χ4v) is 2.11. The third-order valence-corrected chi connectivity index (χ3v) is 3.34. The van der Waals surface area contributed by atoms with Crippen LogP contribution in [0.5, 0.6) is 0 Å². The molecule has 0 heterocycles. The minimum absolute atomic E-state index is 0.00955. The standard InChI is InChI=1S/C17H14F3NO3/c1-24-17(23)14(9-10-5-7-11(18)8-6-10)21-16(22)12-3-2-4-13(19)15(12)20/h2-8,14H,9H2,1H3,(H,21,22)/t14-/m0/s1. The van der Waals surface area contributed by atoms with E-state index in [1.807, 2.05) is 0 Å². The normalized spacial score (nSPS) is 11.7. The van der Waals surface area contributed by atoms with Crippen molar-refractivity contribution in [2.45, 2.75) is 12.5 Å². The summed E-state index contributed by atoms with van der Waals surface area (Å²) in [5.41, 5.74) is 0.0369. The van der Waals surface area contributed by atoms with Crippen LogP contribution in [-0.4, -0.2) is 25.0 Å². The number of halogens is 3. The average molecular weight is 337 g/mol. The van der Waals surface area contributed by atoms with Gasteiger partial charge in [-0.1, -0.05) is 18.2 Å². The molecule has 0 aliphatic carbocycles. The smallest absolute Gasteiger partial charge is 0.328 e. The maximum Gasteiger partial charge on any atom is 0.328 e. The van der Waals surface area contributed by atoms with Gasteiger partial charge in [0.05, 0.1) is 12.7 Å². The summed E-state index contributed by atoms with van der Waals surface area (Å²) in [6, 6.07) is 7.33. The van der Waals surface area contributed by atoms with Crippen LogP contribution in [-0.2, 0) is 16.0 Å². The van der Waals surface area contributed by atoms with Crippen molar-refractivity contribution in [3.05, 3.63) is 71.0 Å². The van der Waals surface area contributed by atoms with Crippen molar-refractivity contribution in [2.75, 3.05) is 7.11 Å². The second kappa shape index (κ2) is 7.63. The number of methoxy groups -OCH3 is 1. The minimum Gasteiger partial charge on any atom is -0.467 e. The number of carbonyl (C=O) groups is 2. The molecule has 0 aromatic heterocycles. The number of hydrogen-bond acceptors (Lipinski definition) is 3. The van der Waals surface area contributed by atoms with Gasteiger partial charge in [-0.15, -0.1) is 0 Å². The summed E-state index contributed by atoms with van der Waals surface area (Å²) in [5.74, 6) is -4.63. The molecular weight excluding hydrogens is 323 g/mol. The van der Waals surface area contributed by atoms with Gasteiger partial charge in [0.25, 0.3) is 5.91 Å². The zero-order valence-corrected chi connectivity index (χ0v) is 12.7. The molecule has 126 valence electrons. The summed E-state index contributed by atoms with van der Waals surface area (Å²) in [5, 5.41) is 2.30. The van der Waals surface area contributed by atoms with Crippen molar-refractivity contribution in [3.8, 4) is 0 Å². The molecule has 0 radical (unpaired) electrons. The molecule has 4 nitrogen and oxygen atoms in total. The van der Waals surface area contributed by atoms with Crippen molar-refractivity contribution >= 4 is 11.9 Å². The van der Waals surface area contributed by atoms with E-state index < -0.39 is 40.9 Å². The number of amides is 1. The van der Waals surface area contributed by atoms with Crippen LogP contribution in [0.1, 0.15) is 15.9 Å². The van der Waals surface area contributed by atoms with E-state index in [1.165, 1.54) is 30.3 Å². The lowest BCUT2D eigenvalue weighted by Crippen LogP contribution is -2.43. The molecule has 0 aliphatic rings. The molecule has 2 aromatic rings. The van der Waals surface area contributed by atoms with Gasteiger partial charge in [0.2, 0.25) is 0 Å². The number of rotatable bonds is 5. The molecule has 0 saturated carbocycles. The van der Waals surface area contributed by atoms with Crippen molar-refractivity contribution in [1.29, 1.82) is 0 Å². The van der Waals surface area contributed by atoms with Crippen LogP contribution >= 0.6 is 0 Å². The van der Waals surface area contributed by atoms with Crippen LogP contribution in [0.2, 0.25) is 0 Å². The Bertz CT molecular complexity index is 747. The number of carbonyl (C=O) groups excluding carboxylic acids is 2. The predicted octanol–water partition coefficient (Wildman–Crippen LogP) is 2.62. The first-order chi connectivity index (χ1) is 11.4. The van der Waals surface area contributed by atoms with Crippen LogP contribution < -0.4 is 5.32 Å². The fourth-order valence-electron chi connectivity index (χ4n) is 2.11. The number of ether oxygens (including phenoxy) is 1. The van der Waals surface area contributed by atoms with E-state index in [0.29, 0.717) is 5.56 Å². The summed E-state index contributed by atoms with van der Waals surface area (Å²) in [6.45, 7) is 0. The molecule has 1 atom stereocenters. The third-order valence-electron chi connectivity index (χ3n) is 3.34. The van der Waals surface area contributed by atoms with Gasteiger partial charge in [0, 0.05) is 6.42 Å². The van der Waals surface area contributed by atoms with Gasteiger partial charge in [-0.05, 0) is 29.8 Å². The highest BCUT2D eigenvalue weighted by Crippen LogP contribution is 2.13. The largest absolute Gasteiger partial charge is 0.467 e. The molecule has 1 amide bonds. The Labute approximate surface area is 136 Å². The highest BCUT2D eigenvalue weighted by Gasteiger charge is 2.24. The average Bonchev–Trinajstić information content (AvgIpc) is 2.57. The monoisotopic (exact) mass is 337 g/mol. The third kappa shape index (κ3) is 4.13. The Morgan fingerprint density at radius 3 is 2.38 bits per heavy atom. The van der Waals surface area contributed by atoms with Gasteiger partial charge in [0.15, 0.2) is 11.6 Å². The first-order valence-corrected chi connectivity index (χ1v) is 6.99. The molecule has 0 saturated heterocycles. The van der Waals surface area contributed by atoms with Crippen LogP contribution in [0.3, 0.4) is 0 Å². The number of nitrogens with one attached hydrogen (secondary N) is 1. The molecule has 2 aromatic carbocycles. The van der Waals surface area contributed by atoms with E-state index in [2.05, 4.69) is 10.1 Å². The quantitative estimate of drug-likeness (QED) is 0.854. The van der Waals surface area contributed by atoms with Gasteiger partial charge in [0.1, 0.15) is 11.9 Å². The first kappa shape index (κ1) is 17.5. The van der Waals surface area contributed by atoms with E-state index >= 15 is 0 Å². The Kier molecular flexibility index (Phi) is 5.57. The lowest BCUT2D eigenvalue weighted by Gasteiger charge is -2.17. The second-order valence-electron chi connectivity index (χ2n) is 4.98. The zero-order chi connectivity index (χ0) is 17.7. The summed E-state index contributed by atoms with van der Waals surface area (Å²) >= 11 is 0. The van der Waals surface area contributed by atoms with Crippen LogP contribution in [0.4, 0.5) is 13.2 Å². The topological polar surface area (TPSA) is 55.4 Å². The number of hydrogen-bond donors (Lipinski definition) is 1. The maximum atomic E-state index is 13.7. The van der Waals surface area contributed by atoms with E-state index in [9.17, 15) is 22.8 Å². The van der Waals surface area contributed by atoms with Gasteiger partial charge in [-0.25, -0.2) is 18.0 Å². The summed E-state index contributed by atoms with van der Waals surface area (Å²) < 4.78 is 44.4. The molecule has 7 heteroatoms. The summed E-state index contributed by atoms with van der Waals surface area (Å²) in [6.07, 6.45) is 0.00955. The zero-order valence-electron chi connectivity index (χ0n) is 12.7. The van der Waals surface area contributed by atoms with Gasteiger partial charge >= 0.3 is 5.97 Å². The van der Waals surface area contributed by atoms with Crippen LogP contribution in [0, 0.1) is 17.5 Å². The van der Waals surface area contributed by atoms with Gasteiger partial charge in [-0.2, -0.15) is 0 Å². The Balaban J connectivity index is 2.19. The Morgan fingerprint density at radius 2 is 1.75 bits per heavy atom. The fraction of sp³-hybridized carbons (Fsp3) is 0.176. The Morgan fingerprint density at radius 1 is 1.08 bits per heavy atom. The maximum absolute atomic E-state index is 13.7. The van der Waals surface area contributed by atoms with Crippen LogP contribution in [0.15, 0.2) is 42.5 Å². The van der Waals surface area contributed by atoms with E-state index in [0.717, 1.165) is 19.2 Å². The van der Waals surface area contributed by atoms with Crippen molar-refractivity contribution in [3.63, 3.8) is 0 Å². The predicted molar refractivity (Wildman–Crippen MR) is 79.7 cm³/mol. The minimum atomic E-state index is -1.31. The lowest BCUT2D eigenvalue weighted by atomic mass is 10.1. The first-order valence-electron chi connectivity index (χ1n) is 6.99. The molecule has 0 spiro atoms. The molecule has 0 unspecified atom stereocenters. The number of esters is 1. The molecule has 1 N–H and O–H groups in total. The van der Waals surface area contributed by atoms with Crippen molar-refractivity contribution < 1.29 is 27.5 Å². The lowest BCUT2D eigenvalue weighted by molar-refractivity contribution is -0.142. The van der Waals surface area contributed by atoms with Gasteiger partial charge in [-0.3, -0.25) is 4.79 Å². The highest BCUT2D eigenvalue weighted by atomic mass is 19.2. The van der Waals surface area contributed by atoms with Gasteiger partial charge < -0.3 is 10.1 Å². The van der Waals surface area contributed by atoms with E-state index in [-0.39, 0.29) is 6.42 Å². The van der Waals surface area contributed by atoms with Crippen LogP contribution in [0.25, 0.3) is 0 Å². The highest BCUT2D eigenvalue weighted by molar-refractivity contribution is 5.97. The molecule has 0 bridgehead atoms. The van der Waals surface area contributed by atoms with Crippen molar-refractivity contribution in [2.24, 2.45) is 0 Å². The molecule has 0 fully saturated rings. The van der Waals surface area contributed by atoms with E-state index in [4.69, 9.17) is 0 Å². The Hall–Kier alpha value is -2.83. The van der Waals surface area contributed by atoms with E-state index in [1.54, 1.807) is 0 Å². The SMILES string of the molecule is COC(=O)[C@H](Cc1ccc(F)cc1)NC(=O)c1cccc(F)c1F. The summed E-state index contributed by atoms with van der Waals surface area (Å²) in [4.78, 5) is 23.9. The molecule has 0 aliphatic heterocycles. The van der Waals surface area contributed by atoms with Crippen molar-refractivity contribution in [1.82, 2.24) is 5.32 Å². The molecule has 24 heavy (non-hydrogen) atoms. The summed E-state index contributed by atoms with van der Waals surface area (Å²) in [7, 11) is 1.13.